The van der Waals surface area contributed by atoms with Gasteiger partial charge in [0, 0.05) is 37.3 Å². The van der Waals surface area contributed by atoms with E-state index in [0.29, 0.717) is 31.2 Å². The van der Waals surface area contributed by atoms with Crippen molar-refractivity contribution in [2.45, 2.75) is 0 Å². The van der Waals surface area contributed by atoms with Gasteiger partial charge in [0.25, 0.3) is 11.5 Å². The molecule has 0 saturated carbocycles. The van der Waals surface area contributed by atoms with Crippen LogP contribution >= 0.6 is 11.6 Å². The summed E-state index contributed by atoms with van der Waals surface area (Å²) in [7, 11) is 1.63. The van der Waals surface area contributed by atoms with Crippen molar-refractivity contribution in [2.75, 3.05) is 25.6 Å². The molecule has 6 heteroatoms. The van der Waals surface area contributed by atoms with E-state index in [4.69, 9.17) is 16.3 Å². The summed E-state index contributed by atoms with van der Waals surface area (Å²) < 4.78 is 6.50. The van der Waals surface area contributed by atoms with Gasteiger partial charge in [0.15, 0.2) is 0 Å². The van der Waals surface area contributed by atoms with E-state index in [1.54, 1.807) is 19.3 Å². The van der Waals surface area contributed by atoms with Gasteiger partial charge in [-0.3, -0.25) is 9.59 Å². The molecule has 1 aromatic heterocycles. The summed E-state index contributed by atoms with van der Waals surface area (Å²) in [6.07, 6.45) is 1.56. The zero-order chi connectivity index (χ0) is 12.7. The summed E-state index contributed by atoms with van der Waals surface area (Å²) in [4.78, 5) is 22.9. The zero-order valence-corrected chi connectivity index (χ0v) is 10.4. The van der Waals surface area contributed by atoms with E-state index < -0.39 is 0 Å². The SMILES string of the molecule is Cn1ccc(C(=O)NCCOCCCl)cc1=O. The number of rotatable bonds is 6. The Morgan fingerprint density at radius 2 is 2.29 bits per heavy atom. The van der Waals surface area contributed by atoms with Gasteiger partial charge in [0.05, 0.1) is 13.2 Å². The fourth-order valence-electron chi connectivity index (χ4n) is 1.19. The molecule has 1 amide bonds. The average Bonchev–Trinajstić information content (AvgIpc) is 2.32. The van der Waals surface area contributed by atoms with Crippen LogP contribution in [0.25, 0.3) is 0 Å². The van der Waals surface area contributed by atoms with Crippen molar-refractivity contribution in [3.05, 3.63) is 34.2 Å². The molecule has 0 spiro atoms. The number of nitrogens with zero attached hydrogens (tertiary/aromatic N) is 1. The zero-order valence-electron chi connectivity index (χ0n) is 9.61. The molecule has 1 N–H and O–H groups in total. The highest BCUT2D eigenvalue weighted by atomic mass is 35.5. The molecular weight excluding hydrogens is 244 g/mol. The molecule has 5 nitrogen and oxygen atoms in total. The number of hydrogen-bond acceptors (Lipinski definition) is 3. The molecule has 94 valence electrons. The molecule has 1 heterocycles. The smallest absolute Gasteiger partial charge is 0.251 e. The second-order valence-electron chi connectivity index (χ2n) is 3.42. The van der Waals surface area contributed by atoms with E-state index in [9.17, 15) is 9.59 Å². The van der Waals surface area contributed by atoms with Crippen LogP contribution in [-0.4, -0.2) is 36.1 Å². The van der Waals surface area contributed by atoms with E-state index in [1.165, 1.54) is 10.6 Å². The summed E-state index contributed by atoms with van der Waals surface area (Å²) in [5.74, 6) is 0.153. The van der Waals surface area contributed by atoms with E-state index in [2.05, 4.69) is 5.32 Å². The van der Waals surface area contributed by atoms with Crippen LogP contribution < -0.4 is 10.9 Å². The Bertz CT molecular complexity index is 431. The molecule has 0 fully saturated rings. The number of aryl methyl sites for hydroxylation is 1. The third-order valence-electron chi connectivity index (χ3n) is 2.12. The van der Waals surface area contributed by atoms with Gasteiger partial charge in [-0.1, -0.05) is 0 Å². The highest BCUT2D eigenvalue weighted by Gasteiger charge is 2.05. The number of ether oxygens (including phenoxy) is 1. The standard InChI is InChI=1S/C11H15ClN2O3/c1-14-5-2-9(8-10(14)15)11(16)13-4-7-17-6-3-12/h2,5,8H,3-4,6-7H2,1H3,(H,13,16). The van der Waals surface area contributed by atoms with Crippen molar-refractivity contribution in [1.82, 2.24) is 9.88 Å². The minimum Gasteiger partial charge on any atom is -0.378 e. The predicted molar refractivity (Wildman–Crippen MR) is 65.6 cm³/mol. The normalized spacial score (nSPS) is 10.2. The van der Waals surface area contributed by atoms with Crippen molar-refractivity contribution in [1.29, 1.82) is 0 Å². The van der Waals surface area contributed by atoms with Gasteiger partial charge in [0.1, 0.15) is 0 Å². The van der Waals surface area contributed by atoms with Crippen molar-refractivity contribution in [3.63, 3.8) is 0 Å². The Morgan fingerprint density at radius 3 is 2.94 bits per heavy atom. The highest BCUT2D eigenvalue weighted by Crippen LogP contribution is 1.93. The van der Waals surface area contributed by atoms with Crippen LogP contribution in [0.4, 0.5) is 0 Å². The van der Waals surface area contributed by atoms with E-state index in [-0.39, 0.29) is 11.5 Å². The second-order valence-corrected chi connectivity index (χ2v) is 3.80. The molecule has 0 unspecified atom stereocenters. The molecule has 17 heavy (non-hydrogen) atoms. The molecule has 0 atom stereocenters. The van der Waals surface area contributed by atoms with Crippen LogP contribution in [0.5, 0.6) is 0 Å². The second kappa shape index (κ2) is 7.09. The van der Waals surface area contributed by atoms with Crippen LogP contribution in [-0.2, 0) is 11.8 Å². The van der Waals surface area contributed by atoms with Crippen LogP contribution in [0.15, 0.2) is 23.1 Å². The third-order valence-corrected chi connectivity index (χ3v) is 2.27. The van der Waals surface area contributed by atoms with Gasteiger partial charge in [-0.25, -0.2) is 0 Å². The van der Waals surface area contributed by atoms with Gasteiger partial charge in [-0.05, 0) is 6.07 Å². The lowest BCUT2D eigenvalue weighted by atomic mass is 10.2. The molecule has 0 radical (unpaired) electrons. The summed E-state index contributed by atoms with van der Waals surface area (Å²) in [5, 5.41) is 2.65. The van der Waals surface area contributed by atoms with Crippen LogP contribution in [0.3, 0.4) is 0 Å². The van der Waals surface area contributed by atoms with Crippen molar-refractivity contribution in [3.8, 4) is 0 Å². The third kappa shape index (κ3) is 4.58. The van der Waals surface area contributed by atoms with Gasteiger partial charge >= 0.3 is 0 Å². The van der Waals surface area contributed by atoms with Crippen LogP contribution in [0.2, 0.25) is 0 Å². The number of halogens is 1. The Hall–Kier alpha value is -1.33. The van der Waals surface area contributed by atoms with Crippen LogP contribution in [0, 0.1) is 0 Å². The molecule has 0 aliphatic carbocycles. The van der Waals surface area contributed by atoms with Gasteiger partial charge in [-0.15, -0.1) is 11.6 Å². The van der Waals surface area contributed by atoms with E-state index in [1.807, 2.05) is 0 Å². The molecule has 0 aromatic carbocycles. The Balaban J connectivity index is 2.42. The minimum absolute atomic E-state index is 0.212. The monoisotopic (exact) mass is 258 g/mol. The number of amides is 1. The van der Waals surface area contributed by atoms with E-state index >= 15 is 0 Å². The first-order chi connectivity index (χ1) is 8.15. The van der Waals surface area contributed by atoms with Crippen molar-refractivity contribution >= 4 is 17.5 Å². The lowest BCUT2D eigenvalue weighted by Gasteiger charge is -2.05. The molecule has 0 aliphatic heterocycles. The first-order valence-electron chi connectivity index (χ1n) is 5.23. The lowest BCUT2D eigenvalue weighted by molar-refractivity contribution is 0.0923. The van der Waals surface area contributed by atoms with Crippen LogP contribution in [0.1, 0.15) is 10.4 Å². The summed E-state index contributed by atoms with van der Waals surface area (Å²) in [6.45, 7) is 1.26. The lowest BCUT2D eigenvalue weighted by Crippen LogP contribution is -2.29. The van der Waals surface area contributed by atoms with Gasteiger partial charge in [0.2, 0.25) is 0 Å². The summed E-state index contributed by atoms with van der Waals surface area (Å²) >= 11 is 5.42. The van der Waals surface area contributed by atoms with Crippen molar-refractivity contribution in [2.24, 2.45) is 7.05 Å². The number of hydrogen-bond donors (Lipinski definition) is 1. The first kappa shape index (κ1) is 13.7. The molecule has 0 bridgehead atoms. The first-order valence-corrected chi connectivity index (χ1v) is 5.77. The largest absolute Gasteiger partial charge is 0.378 e. The highest BCUT2D eigenvalue weighted by molar-refractivity contribution is 6.17. The molecular formula is C11H15ClN2O3. The number of carbonyl (C=O) groups is 1. The maximum atomic E-state index is 11.6. The fraction of sp³-hybridized carbons (Fsp3) is 0.455. The number of aromatic nitrogens is 1. The molecule has 1 rings (SSSR count). The topological polar surface area (TPSA) is 60.3 Å². The number of nitrogens with one attached hydrogen (secondary N) is 1. The van der Waals surface area contributed by atoms with E-state index in [0.717, 1.165) is 0 Å². The quantitative estimate of drug-likeness (QED) is 0.592. The number of pyridine rings is 1. The molecule has 0 saturated heterocycles. The molecule has 1 aromatic rings. The fourth-order valence-corrected chi connectivity index (χ4v) is 1.29. The van der Waals surface area contributed by atoms with Crippen molar-refractivity contribution < 1.29 is 9.53 Å². The Labute approximate surface area is 104 Å². The maximum Gasteiger partial charge on any atom is 0.251 e. The minimum atomic E-state index is -0.280. The Morgan fingerprint density at radius 1 is 1.53 bits per heavy atom. The van der Waals surface area contributed by atoms with Gasteiger partial charge in [-0.2, -0.15) is 0 Å². The average molecular weight is 259 g/mol. The number of alkyl halides is 1. The predicted octanol–water partition coefficient (Wildman–Crippen LogP) is 0.371. The Kier molecular flexibility index (Phi) is 5.72. The molecule has 0 aliphatic rings. The summed E-state index contributed by atoms with van der Waals surface area (Å²) in [6, 6.07) is 2.89. The van der Waals surface area contributed by atoms with Gasteiger partial charge < -0.3 is 14.6 Å². The maximum absolute atomic E-state index is 11.6. The summed E-state index contributed by atoms with van der Waals surface area (Å²) in [5.41, 5.74) is 0.140. The number of carbonyl (C=O) groups excluding carboxylic acids is 1.